The third-order valence-corrected chi connectivity index (χ3v) is 3.87. The summed E-state index contributed by atoms with van der Waals surface area (Å²) in [4.78, 5) is 4.67. The van der Waals surface area contributed by atoms with Crippen LogP contribution in [-0.4, -0.2) is 34.9 Å². The van der Waals surface area contributed by atoms with Crippen LogP contribution < -0.4 is 24.1 Å². The number of benzene rings is 1. The molecule has 0 aliphatic heterocycles. The Morgan fingerprint density at radius 2 is 1.65 bits per heavy atom. The summed E-state index contributed by atoms with van der Waals surface area (Å²) >= 11 is 0. The third kappa shape index (κ3) is 4.60. The number of methoxy groups -OCH3 is 3. The second-order valence-electron chi connectivity index (χ2n) is 5.54. The van der Waals surface area contributed by atoms with Gasteiger partial charge in [0.2, 0.25) is 0 Å². The molecule has 1 aromatic heterocycles. The van der Waals surface area contributed by atoms with Crippen LogP contribution in [0, 0.1) is 0 Å². The fourth-order valence-electron chi connectivity index (χ4n) is 2.58. The molecule has 23 heavy (non-hydrogen) atoms. The van der Waals surface area contributed by atoms with Crippen molar-refractivity contribution in [3.05, 3.63) is 47.8 Å². The first-order chi connectivity index (χ1) is 11.2. The second kappa shape index (κ2) is 8.39. The highest BCUT2D eigenvalue weighted by Crippen LogP contribution is 2.34. The van der Waals surface area contributed by atoms with Crippen LogP contribution in [0.1, 0.15) is 11.3 Å². The summed E-state index contributed by atoms with van der Waals surface area (Å²) in [6.45, 7) is 1.88. The Balaban J connectivity index is 2.05. The molecule has 1 atom stereocenters. The van der Waals surface area contributed by atoms with Gasteiger partial charge in [-0.3, -0.25) is 0 Å². The highest BCUT2D eigenvalue weighted by molar-refractivity contribution is 5.50. The molecular weight excluding hydrogens is 292 g/mol. The minimum Gasteiger partial charge on any atom is -0.496 e. The lowest BCUT2D eigenvalue weighted by molar-refractivity contribution is -0.893. The van der Waals surface area contributed by atoms with Crippen molar-refractivity contribution in [2.24, 2.45) is 0 Å². The predicted octanol–water partition coefficient (Wildman–Crippen LogP) is 0.784. The van der Waals surface area contributed by atoms with Gasteiger partial charge in [0.05, 0.1) is 46.9 Å². The van der Waals surface area contributed by atoms with Gasteiger partial charge in [0.1, 0.15) is 12.3 Å². The van der Waals surface area contributed by atoms with Gasteiger partial charge >= 0.3 is 0 Å². The molecule has 0 aliphatic carbocycles. The highest BCUT2D eigenvalue weighted by atomic mass is 16.5. The van der Waals surface area contributed by atoms with Crippen LogP contribution in [0.5, 0.6) is 17.2 Å². The number of likely N-dealkylation sites (N-methyl/N-ethyl adjacent to an activating group) is 1. The zero-order valence-corrected chi connectivity index (χ0v) is 14.3. The quantitative estimate of drug-likeness (QED) is 0.782. The number of nitrogens with one attached hydrogen (secondary N) is 2. The third-order valence-electron chi connectivity index (χ3n) is 3.87. The molecule has 1 unspecified atom stereocenters. The molecule has 0 amide bonds. The monoisotopic (exact) mass is 318 g/mol. The second-order valence-corrected chi connectivity index (χ2v) is 5.54. The van der Waals surface area contributed by atoms with E-state index in [0.717, 1.165) is 36.6 Å². The summed E-state index contributed by atoms with van der Waals surface area (Å²) in [6.07, 6.45) is 2.96. The van der Waals surface area contributed by atoms with Gasteiger partial charge in [0, 0.05) is 18.2 Å². The molecule has 2 rings (SSSR count). The summed E-state index contributed by atoms with van der Waals surface area (Å²) in [6, 6.07) is 10.0. The Bertz CT molecular complexity index is 617. The first-order valence-electron chi connectivity index (χ1n) is 7.73. The predicted molar refractivity (Wildman–Crippen MR) is 88.3 cm³/mol. The molecule has 2 aromatic rings. The Morgan fingerprint density at radius 1 is 0.957 bits per heavy atom. The van der Waals surface area contributed by atoms with Gasteiger partial charge in [-0.15, -0.1) is 0 Å². The van der Waals surface area contributed by atoms with Crippen LogP contribution in [0.25, 0.3) is 0 Å². The van der Waals surface area contributed by atoms with Gasteiger partial charge < -0.3 is 19.1 Å². The molecular formula is C18H26N2O3+2. The lowest BCUT2D eigenvalue weighted by atomic mass is 10.1. The summed E-state index contributed by atoms with van der Waals surface area (Å²) in [5, 5.41) is 0. The molecule has 0 radical (unpaired) electrons. The fourth-order valence-corrected chi connectivity index (χ4v) is 2.58. The van der Waals surface area contributed by atoms with E-state index in [1.165, 1.54) is 10.6 Å². The van der Waals surface area contributed by atoms with E-state index in [-0.39, 0.29) is 0 Å². The first-order valence-corrected chi connectivity index (χ1v) is 7.73. The summed E-state index contributed by atoms with van der Waals surface area (Å²) in [7, 11) is 7.14. The minimum absolute atomic E-state index is 0.685. The molecule has 2 N–H and O–H groups in total. The number of pyridine rings is 1. The van der Waals surface area contributed by atoms with E-state index in [4.69, 9.17) is 14.2 Å². The first kappa shape index (κ1) is 17.1. The molecule has 0 bridgehead atoms. The van der Waals surface area contributed by atoms with Gasteiger partial charge in [-0.1, -0.05) is 6.07 Å². The topological polar surface area (TPSA) is 46.3 Å². The molecule has 1 aromatic carbocycles. The molecule has 0 fully saturated rings. The molecule has 0 spiro atoms. The lowest BCUT2D eigenvalue weighted by Gasteiger charge is -2.17. The van der Waals surface area contributed by atoms with Crippen LogP contribution >= 0.6 is 0 Å². The van der Waals surface area contributed by atoms with Crippen LogP contribution in [-0.2, 0) is 13.0 Å². The zero-order chi connectivity index (χ0) is 16.7. The van der Waals surface area contributed by atoms with Crippen LogP contribution in [0.15, 0.2) is 36.5 Å². The Hall–Kier alpha value is -2.27. The number of aromatic nitrogens is 1. The van der Waals surface area contributed by atoms with Gasteiger partial charge in [-0.25, -0.2) is 4.98 Å². The van der Waals surface area contributed by atoms with Crippen LogP contribution in [0.4, 0.5) is 0 Å². The summed E-state index contributed by atoms with van der Waals surface area (Å²) < 4.78 is 16.2. The number of aromatic amines is 1. The summed E-state index contributed by atoms with van der Waals surface area (Å²) in [5.74, 6) is 2.24. The Labute approximate surface area is 137 Å². The van der Waals surface area contributed by atoms with Crippen molar-refractivity contribution in [1.29, 1.82) is 0 Å². The Kier molecular flexibility index (Phi) is 6.23. The SMILES string of the molecule is COc1cc(OC)c(OC)cc1C[NH+](C)CCc1cccc[nH+]1. The number of hydrogen-bond donors (Lipinski definition) is 1. The maximum atomic E-state index is 5.50. The maximum Gasteiger partial charge on any atom is 0.185 e. The normalized spacial score (nSPS) is 11.8. The zero-order valence-electron chi connectivity index (χ0n) is 14.3. The Morgan fingerprint density at radius 3 is 2.26 bits per heavy atom. The number of H-pyrrole nitrogens is 1. The molecule has 0 saturated heterocycles. The van der Waals surface area contributed by atoms with Crippen molar-refractivity contribution < 1.29 is 24.1 Å². The van der Waals surface area contributed by atoms with Crippen LogP contribution in [0.3, 0.4) is 0 Å². The van der Waals surface area contributed by atoms with E-state index in [2.05, 4.69) is 24.2 Å². The van der Waals surface area contributed by atoms with Crippen molar-refractivity contribution in [2.45, 2.75) is 13.0 Å². The largest absolute Gasteiger partial charge is 0.496 e. The molecule has 5 nitrogen and oxygen atoms in total. The van der Waals surface area contributed by atoms with Crippen molar-refractivity contribution >= 4 is 0 Å². The highest BCUT2D eigenvalue weighted by Gasteiger charge is 2.15. The van der Waals surface area contributed by atoms with E-state index in [1.807, 2.05) is 24.4 Å². The van der Waals surface area contributed by atoms with Crippen molar-refractivity contribution in [2.75, 3.05) is 34.9 Å². The number of hydrogen-bond acceptors (Lipinski definition) is 3. The van der Waals surface area contributed by atoms with E-state index >= 15 is 0 Å². The standard InChI is InChI=1S/C18H24N2O3/c1-20(10-8-15-7-5-6-9-19-15)13-14-11-17(22-3)18(23-4)12-16(14)21-2/h5-7,9,11-12H,8,10,13H2,1-4H3/p+2. The molecule has 0 aliphatic rings. The number of rotatable bonds is 8. The van der Waals surface area contributed by atoms with Crippen molar-refractivity contribution in [3.8, 4) is 17.2 Å². The van der Waals surface area contributed by atoms with Gasteiger partial charge in [0.25, 0.3) is 0 Å². The van der Waals surface area contributed by atoms with E-state index in [9.17, 15) is 0 Å². The van der Waals surface area contributed by atoms with Gasteiger partial charge in [0.15, 0.2) is 23.4 Å². The molecule has 1 heterocycles. The molecule has 0 saturated carbocycles. The molecule has 5 heteroatoms. The summed E-state index contributed by atoms with van der Waals surface area (Å²) in [5.41, 5.74) is 2.35. The van der Waals surface area contributed by atoms with Crippen LogP contribution in [0.2, 0.25) is 0 Å². The average molecular weight is 318 g/mol. The number of quaternary nitrogens is 1. The molecule has 124 valence electrons. The van der Waals surface area contributed by atoms with Crippen molar-refractivity contribution in [1.82, 2.24) is 0 Å². The van der Waals surface area contributed by atoms with Crippen molar-refractivity contribution in [3.63, 3.8) is 0 Å². The maximum absolute atomic E-state index is 5.50. The van der Waals surface area contributed by atoms with Gasteiger partial charge in [-0.05, 0) is 6.07 Å². The van der Waals surface area contributed by atoms with E-state index in [0.29, 0.717) is 5.75 Å². The number of ether oxygens (including phenoxy) is 3. The van der Waals surface area contributed by atoms with Gasteiger partial charge in [-0.2, -0.15) is 0 Å². The fraction of sp³-hybridized carbons (Fsp3) is 0.389. The average Bonchev–Trinajstić information content (AvgIpc) is 2.60. The van der Waals surface area contributed by atoms with E-state index in [1.54, 1.807) is 21.3 Å². The lowest BCUT2D eigenvalue weighted by Crippen LogP contribution is -3.07. The minimum atomic E-state index is 0.685. The van der Waals surface area contributed by atoms with E-state index < -0.39 is 0 Å². The smallest absolute Gasteiger partial charge is 0.185 e.